The van der Waals surface area contributed by atoms with Gasteiger partial charge in [0.25, 0.3) is 0 Å². The summed E-state index contributed by atoms with van der Waals surface area (Å²) in [6.07, 6.45) is 6.18. The Morgan fingerprint density at radius 2 is 2.10 bits per heavy atom. The third kappa shape index (κ3) is 2.21. The van der Waals surface area contributed by atoms with E-state index in [0.29, 0.717) is 13.0 Å². The molecular weight excluding hydrogens is 254 g/mol. The number of carbonyl (C=O) groups excluding carboxylic acids is 2. The second-order valence-corrected chi connectivity index (χ2v) is 5.43. The summed E-state index contributed by atoms with van der Waals surface area (Å²) in [6, 6.07) is 7.95. The molecule has 5 heteroatoms. The lowest BCUT2D eigenvalue weighted by molar-refractivity contribution is -0.119. The zero-order valence-electron chi connectivity index (χ0n) is 11.3. The highest BCUT2D eigenvalue weighted by Crippen LogP contribution is 2.42. The number of rotatable bonds is 3. The standard InChI is InChI=1S/C15H17N3O2/c19-11-16-15(7-1-2-8-15)12-4-3-5-13(10-12)18-9-6-14(20)17-18/h3-5,10H,1-2,6-9H2,(H,17,20). The molecule has 0 radical (unpaired) electrons. The first-order chi connectivity index (χ1) is 9.73. The fourth-order valence-corrected chi connectivity index (χ4v) is 3.14. The molecule has 0 atom stereocenters. The average Bonchev–Trinajstić information content (AvgIpc) is 3.09. The van der Waals surface area contributed by atoms with Gasteiger partial charge in [-0.1, -0.05) is 25.0 Å². The van der Waals surface area contributed by atoms with Gasteiger partial charge in [-0.05, 0) is 30.5 Å². The van der Waals surface area contributed by atoms with Crippen LogP contribution in [0.3, 0.4) is 0 Å². The molecule has 104 valence electrons. The molecule has 5 nitrogen and oxygen atoms in total. The third-order valence-corrected chi connectivity index (χ3v) is 4.21. The number of isocyanates is 1. The highest BCUT2D eigenvalue weighted by atomic mass is 16.2. The number of hydrogen-bond acceptors (Lipinski definition) is 4. The fourth-order valence-electron chi connectivity index (χ4n) is 3.14. The molecular formula is C15H17N3O2. The lowest BCUT2D eigenvalue weighted by Gasteiger charge is -2.25. The second kappa shape index (κ2) is 5.10. The van der Waals surface area contributed by atoms with Crippen LogP contribution < -0.4 is 10.4 Å². The smallest absolute Gasteiger partial charge is 0.240 e. The van der Waals surface area contributed by atoms with Gasteiger partial charge in [0, 0.05) is 13.0 Å². The van der Waals surface area contributed by atoms with Gasteiger partial charge in [-0.25, -0.2) is 4.79 Å². The van der Waals surface area contributed by atoms with E-state index in [9.17, 15) is 9.59 Å². The molecule has 3 rings (SSSR count). The van der Waals surface area contributed by atoms with E-state index < -0.39 is 5.54 Å². The highest BCUT2D eigenvalue weighted by molar-refractivity contribution is 5.81. The molecule has 0 unspecified atom stereocenters. The molecule has 1 saturated carbocycles. The van der Waals surface area contributed by atoms with Crippen LogP contribution in [0.2, 0.25) is 0 Å². The first kappa shape index (κ1) is 12.9. The van der Waals surface area contributed by atoms with Gasteiger partial charge in [0.05, 0.1) is 11.2 Å². The van der Waals surface area contributed by atoms with E-state index in [-0.39, 0.29) is 5.91 Å². The first-order valence-corrected chi connectivity index (χ1v) is 7.00. The predicted molar refractivity (Wildman–Crippen MR) is 74.8 cm³/mol. The van der Waals surface area contributed by atoms with Crippen LogP contribution in [0.15, 0.2) is 29.3 Å². The first-order valence-electron chi connectivity index (χ1n) is 7.00. The summed E-state index contributed by atoms with van der Waals surface area (Å²) in [7, 11) is 0. The number of hydrazine groups is 1. The molecule has 1 amide bonds. The van der Waals surface area contributed by atoms with Crippen LogP contribution in [0.25, 0.3) is 0 Å². The number of benzene rings is 1. The number of carbonyl (C=O) groups is 1. The van der Waals surface area contributed by atoms with Gasteiger partial charge in [0.1, 0.15) is 0 Å². The SMILES string of the molecule is O=C=NC1(c2cccc(N3CCC(=O)N3)c2)CCCC1. The lowest BCUT2D eigenvalue weighted by Crippen LogP contribution is -2.33. The molecule has 1 saturated heterocycles. The molecule has 2 aliphatic rings. The molecule has 1 aliphatic heterocycles. The Labute approximate surface area is 117 Å². The maximum Gasteiger partial charge on any atom is 0.240 e. The van der Waals surface area contributed by atoms with Gasteiger partial charge in [-0.15, -0.1) is 0 Å². The van der Waals surface area contributed by atoms with E-state index in [0.717, 1.165) is 36.9 Å². The molecule has 2 fully saturated rings. The van der Waals surface area contributed by atoms with Crippen molar-refractivity contribution in [2.45, 2.75) is 37.6 Å². The molecule has 1 aliphatic carbocycles. The van der Waals surface area contributed by atoms with E-state index in [4.69, 9.17) is 0 Å². The number of amides is 1. The molecule has 20 heavy (non-hydrogen) atoms. The van der Waals surface area contributed by atoms with Gasteiger partial charge in [0.2, 0.25) is 12.0 Å². The number of nitrogens with one attached hydrogen (secondary N) is 1. The summed E-state index contributed by atoms with van der Waals surface area (Å²) >= 11 is 0. The van der Waals surface area contributed by atoms with E-state index >= 15 is 0 Å². The largest absolute Gasteiger partial charge is 0.285 e. The van der Waals surface area contributed by atoms with Crippen LogP contribution in [0, 0.1) is 0 Å². The number of aliphatic imine (C=N–C) groups is 1. The van der Waals surface area contributed by atoms with E-state index in [1.165, 1.54) is 0 Å². The quantitative estimate of drug-likeness (QED) is 0.676. The maximum absolute atomic E-state index is 11.3. The summed E-state index contributed by atoms with van der Waals surface area (Å²) in [5.41, 5.74) is 4.39. The Bertz CT molecular complexity index is 572. The van der Waals surface area contributed by atoms with Gasteiger partial charge < -0.3 is 0 Å². The van der Waals surface area contributed by atoms with Crippen LogP contribution in [0.1, 0.15) is 37.7 Å². The second-order valence-electron chi connectivity index (χ2n) is 5.43. The number of anilines is 1. The Kier molecular flexibility index (Phi) is 3.28. The zero-order valence-corrected chi connectivity index (χ0v) is 11.3. The summed E-state index contributed by atoms with van der Waals surface area (Å²) < 4.78 is 0. The average molecular weight is 271 g/mol. The summed E-state index contributed by atoms with van der Waals surface area (Å²) in [5.74, 6) is 0.0388. The third-order valence-electron chi connectivity index (χ3n) is 4.21. The maximum atomic E-state index is 11.3. The Hall–Kier alpha value is -2.13. The number of nitrogens with zero attached hydrogens (tertiary/aromatic N) is 2. The minimum atomic E-state index is -0.415. The van der Waals surface area contributed by atoms with Crippen molar-refractivity contribution in [1.82, 2.24) is 5.43 Å². The molecule has 0 spiro atoms. The van der Waals surface area contributed by atoms with Crippen molar-refractivity contribution < 1.29 is 9.59 Å². The summed E-state index contributed by atoms with van der Waals surface area (Å²) in [6.45, 7) is 0.673. The van der Waals surface area contributed by atoms with Crippen molar-refractivity contribution in [3.05, 3.63) is 29.8 Å². The van der Waals surface area contributed by atoms with Crippen LogP contribution in [-0.4, -0.2) is 18.5 Å². The van der Waals surface area contributed by atoms with Gasteiger partial charge in [-0.2, -0.15) is 4.99 Å². The van der Waals surface area contributed by atoms with Crippen molar-refractivity contribution in [2.75, 3.05) is 11.6 Å². The topological polar surface area (TPSA) is 61.8 Å². The Balaban J connectivity index is 1.94. The monoisotopic (exact) mass is 271 g/mol. The van der Waals surface area contributed by atoms with Gasteiger partial charge >= 0.3 is 0 Å². The number of hydrogen-bond donors (Lipinski definition) is 1. The summed E-state index contributed by atoms with van der Waals surface area (Å²) in [4.78, 5) is 26.2. The van der Waals surface area contributed by atoms with Crippen molar-refractivity contribution in [2.24, 2.45) is 4.99 Å². The van der Waals surface area contributed by atoms with Crippen molar-refractivity contribution in [3.8, 4) is 0 Å². The van der Waals surface area contributed by atoms with Crippen LogP contribution in [-0.2, 0) is 15.1 Å². The molecule has 1 heterocycles. The highest BCUT2D eigenvalue weighted by Gasteiger charge is 2.36. The van der Waals surface area contributed by atoms with Crippen molar-refractivity contribution >= 4 is 17.7 Å². The van der Waals surface area contributed by atoms with Crippen LogP contribution >= 0.6 is 0 Å². The van der Waals surface area contributed by atoms with Crippen LogP contribution in [0.5, 0.6) is 0 Å². The normalized spacial score (nSPS) is 20.6. The summed E-state index contributed by atoms with van der Waals surface area (Å²) in [5, 5.41) is 1.85. The van der Waals surface area contributed by atoms with Gasteiger partial charge in [0.15, 0.2) is 0 Å². The predicted octanol–water partition coefficient (Wildman–Crippen LogP) is 2.03. The van der Waals surface area contributed by atoms with E-state index in [2.05, 4.69) is 10.4 Å². The molecule has 1 aromatic rings. The van der Waals surface area contributed by atoms with E-state index in [1.807, 2.05) is 29.3 Å². The van der Waals surface area contributed by atoms with Crippen LogP contribution in [0.4, 0.5) is 5.69 Å². The Morgan fingerprint density at radius 1 is 1.30 bits per heavy atom. The minimum absolute atomic E-state index is 0.0388. The molecule has 0 aromatic heterocycles. The Morgan fingerprint density at radius 3 is 2.75 bits per heavy atom. The van der Waals surface area contributed by atoms with Gasteiger partial charge in [-0.3, -0.25) is 15.2 Å². The molecule has 1 aromatic carbocycles. The fraction of sp³-hybridized carbons (Fsp3) is 0.467. The lowest BCUT2D eigenvalue weighted by atomic mass is 9.88. The minimum Gasteiger partial charge on any atom is -0.285 e. The zero-order chi connectivity index (χ0) is 14.0. The molecule has 0 bridgehead atoms. The van der Waals surface area contributed by atoms with Crippen molar-refractivity contribution in [1.29, 1.82) is 0 Å². The molecule has 1 N–H and O–H groups in total. The van der Waals surface area contributed by atoms with Crippen molar-refractivity contribution in [3.63, 3.8) is 0 Å². The van der Waals surface area contributed by atoms with E-state index in [1.54, 1.807) is 6.08 Å².